The maximum absolute atomic E-state index is 12.2. The lowest BCUT2D eigenvalue weighted by Crippen LogP contribution is -2.41. The van der Waals surface area contributed by atoms with Gasteiger partial charge in [-0.1, -0.05) is 35.3 Å². The number of hydrogen-bond donors (Lipinski definition) is 1. The van der Waals surface area contributed by atoms with Gasteiger partial charge in [0.2, 0.25) is 10.0 Å². The summed E-state index contributed by atoms with van der Waals surface area (Å²) in [6.45, 7) is 2.69. The third-order valence-corrected chi connectivity index (χ3v) is 5.80. The van der Waals surface area contributed by atoms with Gasteiger partial charge in [0.05, 0.1) is 4.90 Å². The SMILES string of the molecule is CCC1(CNS(=O)(=O)c2cccc(Br)c2)CCC1. The van der Waals surface area contributed by atoms with Crippen molar-refractivity contribution in [1.29, 1.82) is 0 Å². The molecule has 1 aromatic carbocycles. The molecule has 0 aromatic heterocycles. The van der Waals surface area contributed by atoms with Gasteiger partial charge in [0.25, 0.3) is 0 Å². The van der Waals surface area contributed by atoms with Crippen LogP contribution in [0, 0.1) is 5.41 Å². The zero-order valence-corrected chi connectivity index (χ0v) is 12.9. The number of halogens is 1. The van der Waals surface area contributed by atoms with Gasteiger partial charge in [-0.15, -0.1) is 0 Å². The van der Waals surface area contributed by atoms with Crippen LogP contribution in [0.3, 0.4) is 0 Å². The van der Waals surface area contributed by atoms with E-state index in [4.69, 9.17) is 0 Å². The van der Waals surface area contributed by atoms with Crippen LogP contribution in [-0.4, -0.2) is 15.0 Å². The summed E-state index contributed by atoms with van der Waals surface area (Å²) in [6.07, 6.45) is 4.51. The fraction of sp³-hybridized carbons (Fsp3) is 0.538. The highest BCUT2D eigenvalue weighted by atomic mass is 79.9. The average Bonchev–Trinajstić information content (AvgIpc) is 2.28. The Morgan fingerprint density at radius 2 is 2.11 bits per heavy atom. The zero-order chi connectivity index (χ0) is 13.2. The Kier molecular flexibility index (Phi) is 4.14. The topological polar surface area (TPSA) is 46.2 Å². The van der Waals surface area contributed by atoms with Crippen LogP contribution < -0.4 is 4.72 Å². The summed E-state index contributed by atoms with van der Waals surface area (Å²) in [5, 5.41) is 0. The van der Waals surface area contributed by atoms with E-state index >= 15 is 0 Å². The molecule has 3 nitrogen and oxygen atoms in total. The maximum Gasteiger partial charge on any atom is 0.240 e. The second-order valence-electron chi connectivity index (χ2n) is 4.99. The Bertz CT molecular complexity index is 518. The van der Waals surface area contributed by atoms with E-state index in [2.05, 4.69) is 27.6 Å². The summed E-state index contributed by atoms with van der Waals surface area (Å²) in [6, 6.07) is 6.80. The molecule has 0 unspecified atom stereocenters. The molecule has 1 fully saturated rings. The van der Waals surface area contributed by atoms with Crippen molar-refractivity contribution in [2.24, 2.45) is 5.41 Å². The highest BCUT2D eigenvalue weighted by Crippen LogP contribution is 2.43. The minimum absolute atomic E-state index is 0.194. The van der Waals surface area contributed by atoms with Gasteiger partial charge in [0.15, 0.2) is 0 Å². The fourth-order valence-electron chi connectivity index (χ4n) is 2.30. The van der Waals surface area contributed by atoms with Crippen LogP contribution in [0.4, 0.5) is 0 Å². The minimum atomic E-state index is -3.38. The molecule has 0 saturated heterocycles. The predicted molar refractivity (Wildman–Crippen MR) is 75.9 cm³/mol. The molecule has 100 valence electrons. The summed E-state index contributed by atoms with van der Waals surface area (Å²) >= 11 is 3.29. The van der Waals surface area contributed by atoms with Crippen LogP contribution in [0.2, 0.25) is 0 Å². The molecule has 0 aliphatic heterocycles. The molecule has 1 N–H and O–H groups in total. The van der Waals surface area contributed by atoms with Crippen molar-refractivity contribution in [1.82, 2.24) is 4.72 Å². The van der Waals surface area contributed by atoms with Crippen molar-refractivity contribution in [3.8, 4) is 0 Å². The lowest BCUT2D eigenvalue weighted by molar-refractivity contribution is 0.133. The summed E-state index contributed by atoms with van der Waals surface area (Å²) in [5.74, 6) is 0. The van der Waals surface area contributed by atoms with Crippen LogP contribution in [0.5, 0.6) is 0 Å². The van der Waals surface area contributed by atoms with Crippen molar-refractivity contribution >= 4 is 26.0 Å². The lowest BCUT2D eigenvalue weighted by Gasteiger charge is -2.41. The summed E-state index contributed by atoms with van der Waals surface area (Å²) in [5.41, 5.74) is 0.194. The summed E-state index contributed by atoms with van der Waals surface area (Å²) in [7, 11) is -3.38. The molecule has 5 heteroatoms. The zero-order valence-electron chi connectivity index (χ0n) is 10.4. The third-order valence-electron chi connectivity index (χ3n) is 3.91. The van der Waals surface area contributed by atoms with E-state index in [-0.39, 0.29) is 5.41 Å². The van der Waals surface area contributed by atoms with E-state index in [0.29, 0.717) is 11.4 Å². The first-order valence-electron chi connectivity index (χ1n) is 6.23. The first-order chi connectivity index (χ1) is 8.47. The largest absolute Gasteiger partial charge is 0.240 e. The highest BCUT2D eigenvalue weighted by molar-refractivity contribution is 9.10. The Morgan fingerprint density at radius 3 is 2.61 bits per heavy atom. The van der Waals surface area contributed by atoms with Crippen LogP contribution in [0.15, 0.2) is 33.6 Å². The van der Waals surface area contributed by atoms with Crippen LogP contribution in [0.1, 0.15) is 32.6 Å². The van der Waals surface area contributed by atoms with Crippen molar-refractivity contribution in [3.63, 3.8) is 0 Å². The van der Waals surface area contributed by atoms with Crippen molar-refractivity contribution in [2.75, 3.05) is 6.54 Å². The molecule has 1 aliphatic rings. The van der Waals surface area contributed by atoms with E-state index in [9.17, 15) is 8.42 Å². The van der Waals surface area contributed by atoms with Gasteiger partial charge >= 0.3 is 0 Å². The number of rotatable bonds is 5. The van der Waals surface area contributed by atoms with Gasteiger partial charge in [-0.2, -0.15) is 0 Å². The number of benzene rings is 1. The normalized spacial score (nSPS) is 18.3. The third kappa shape index (κ3) is 2.95. The van der Waals surface area contributed by atoms with Crippen LogP contribution in [0.25, 0.3) is 0 Å². The van der Waals surface area contributed by atoms with Gasteiger partial charge in [-0.05, 0) is 42.9 Å². The molecule has 1 aliphatic carbocycles. The van der Waals surface area contributed by atoms with Gasteiger partial charge in [0, 0.05) is 11.0 Å². The van der Waals surface area contributed by atoms with E-state index in [1.165, 1.54) is 6.42 Å². The molecule has 0 radical (unpaired) electrons. The predicted octanol–water partition coefficient (Wildman–Crippen LogP) is 3.31. The minimum Gasteiger partial charge on any atom is -0.211 e. The fourth-order valence-corrected chi connectivity index (χ4v) is 4.05. The molecule has 18 heavy (non-hydrogen) atoms. The van der Waals surface area contributed by atoms with Crippen LogP contribution in [-0.2, 0) is 10.0 Å². The average molecular weight is 332 g/mol. The molecule has 1 aromatic rings. The quantitative estimate of drug-likeness (QED) is 0.899. The standard InChI is InChI=1S/C13H18BrNO2S/c1-2-13(7-4-8-13)10-15-18(16,17)12-6-3-5-11(14)9-12/h3,5-6,9,15H,2,4,7-8,10H2,1H3. The lowest BCUT2D eigenvalue weighted by atomic mass is 9.67. The number of sulfonamides is 1. The monoisotopic (exact) mass is 331 g/mol. The molecular weight excluding hydrogens is 314 g/mol. The van der Waals surface area contributed by atoms with E-state index < -0.39 is 10.0 Å². The Morgan fingerprint density at radius 1 is 1.39 bits per heavy atom. The summed E-state index contributed by atoms with van der Waals surface area (Å²) < 4.78 is 27.8. The summed E-state index contributed by atoms with van der Waals surface area (Å²) in [4.78, 5) is 0.322. The molecule has 0 spiro atoms. The molecule has 0 bridgehead atoms. The molecule has 0 heterocycles. The first-order valence-corrected chi connectivity index (χ1v) is 8.50. The van der Waals surface area contributed by atoms with Gasteiger partial charge in [-0.25, -0.2) is 13.1 Å². The first kappa shape index (κ1) is 14.0. The number of hydrogen-bond acceptors (Lipinski definition) is 2. The van der Waals surface area contributed by atoms with Crippen molar-refractivity contribution in [2.45, 2.75) is 37.5 Å². The van der Waals surface area contributed by atoms with E-state index in [0.717, 1.165) is 23.7 Å². The molecule has 0 atom stereocenters. The molecular formula is C13H18BrNO2S. The Labute approximate surface area is 117 Å². The smallest absolute Gasteiger partial charge is 0.211 e. The van der Waals surface area contributed by atoms with Gasteiger partial charge in [0.1, 0.15) is 0 Å². The van der Waals surface area contributed by atoms with E-state index in [1.807, 2.05) is 6.07 Å². The molecule has 0 amide bonds. The second kappa shape index (κ2) is 5.31. The molecule has 2 rings (SSSR count). The van der Waals surface area contributed by atoms with Gasteiger partial charge in [-0.3, -0.25) is 0 Å². The van der Waals surface area contributed by atoms with Crippen LogP contribution >= 0.6 is 15.9 Å². The van der Waals surface area contributed by atoms with Crippen molar-refractivity contribution < 1.29 is 8.42 Å². The maximum atomic E-state index is 12.2. The van der Waals surface area contributed by atoms with Gasteiger partial charge < -0.3 is 0 Å². The number of nitrogens with one attached hydrogen (secondary N) is 1. The highest BCUT2D eigenvalue weighted by Gasteiger charge is 2.36. The second-order valence-corrected chi connectivity index (χ2v) is 7.67. The molecule has 1 saturated carbocycles. The Hall–Kier alpha value is -0.390. The van der Waals surface area contributed by atoms with Crippen molar-refractivity contribution in [3.05, 3.63) is 28.7 Å². The van der Waals surface area contributed by atoms with E-state index in [1.54, 1.807) is 18.2 Å². The Balaban J connectivity index is 2.08.